The van der Waals surface area contributed by atoms with E-state index >= 15 is 0 Å². The SMILES string of the molecule is NC(=O)c1cc(S(N)(=O)=O)cn1C1CCCC1. The largest absolute Gasteiger partial charge is 0.364 e. The van der Waals surface area contributed by atoms with Crippen LogP contribution in [0.2, 0.25) is 0 Å². The normalized spacial score (nSPS) is 17.5. The fraction of sp³-hybridized carbons (Fsp3) is 0.500. The molecule has 0 unspecified atom stereocenters. The summed E-state index contributed by atoms with van der Waals surface area (Å²) < 4.78 is 24.1. The van der Waals surface area contributed by atoms with Gasteiger partial charge in [0, 0.05) is 12.2 Å². The number of nitrogens with zero attached hydrogens (tertiary/aromatic N) is 1. The minimum absolute atomic E-state index is 0.0572. The molecular formula is C10H15N3O3S. The molecular weight excluding hydrogens is 242 g/mol. The number of carbonyl (C=O) groups excluding carboxylic acids is 1. The summed E-state index contributed by atoms with van der Waals surface area (Å²) in [5, 5.41) is 5.04. The third kappa shape index (κ3) is 2.34. The highest BCUT2D eigenvalue weighted by molar-refractivity contribution is 7.89. The van der Waals surface area contributed by atoms with Crippen molar-refractivity contribution in [3.8, 4) is 0 Å². The summed E-state index contributed by atoms with van der Waals surface area (Å²) in [7, 11) is -3.80. The lowest BCUT2D eigenvalue weighted by Crippen LogP contribution is -2.18. The van der Waals surface area contributed by atoms with Crippen molar-refractivity contribution in [3.05, 3.63) is 18.0 Å². The number of carbonyl (C=O) groups is 1. The highest BCUT2D eigenvalue weighted by atomic mass is 32.2. The third-order valence-corrected chi connectivity index (χ3v) is 4.00. The van der Waals surface area contributed by atoms with Crippen LogP contribution in [0.1, 0.15) is 42.2 Å². The van der Waals surface area contributed by atoms with Gasteiger partial charge in [0.15, 0.2) is 0 Å². The molecule has 2 rings (SSSR count). The Balaban J connectivity index is 2.49. The van der Waals surface area contributed by atoms with Gasteiger partial charge in [0.25, 0.3) is 5.91 Å². The minimum atomic E-state index is -3.80. The van der Waals surface area contributed by atoms with Crippen LogP contribution in [0.3, 0.4) is 0 Å². The fourth-order valence-corrected chi connectivity index (χ4v) is 2.83. The number of nitrogens with two attached hydrogens (primary N) is 2. The van der Waals surface area contributed by atoms with Crippen LogP contribution in [-0.2, 0) is 10.0 Å². The molecule has 4 N–H and O–H groups in total. The molecule has 94 valence electrons. The highest BCUT2D eigenvalue weighted by Crippen LogP contribution is 2.31. The molecule has 1 fully saturated rings. The van der Waals surface area contributed by atoms with E-state index in [9.17, 15) is 13.2 Å². The van der Waals surface area contributed by atoms with Gasteiger partial charge in [-0.25, -0.2) is 13.6 Å². The lowest BCUT2D eigenvalue weighted by molar-refractivity contribution is 0.0989. The van der Waals surface area contributed by atoms with Gasteiger partial charge in [0.1, 0.15) is 10.6 Å². The van der Waals surface area contributed by atoms with Crippen molar-refractivity contribution in [1.82, 2.24) is 4.57 Å². The summed E-state index contributed by atoms with van der Waals surface area (Å²) in [5.41, 5.74) is 5.45. The molecule has 17 heavy (non-hydrogen) atoms. The van der Waals surface area contributed by atoms with Crippen molar-refractivity contribution in [3.63, 3.8) is 0 Å². The number of primary sulfonamides is 1. The molecule has 1 heterocycles. The number of aromatic nitrogens is 1. The average Bonchev–Trinajstić information content (AvgIpc) is 2.85. The standard InChI is InChI=1S/C10H15N3O3S/c11-10(14)9-5-8(17(12,15)16)6-13(9)7-3-1-2-4-7/h5-7H,1-4H2,(H2,11,14)(H2,12,15,16). The second-order valence-electron chi connectivity index (χ2n) is 4.32. The molecule has 1 saturated carbocycles. The summed E-state index contributed by atoms with van der Waals surface area (Å²) in [5.74, 6) is -0.633. The first-order valence-corrected chi connectivity index (χ1v) is 6.98. The summed E-state index contributed by atoms with van der Waals surface area (Å²) in [4.78, 5) is 11.2. The van der Waals surface area contributed by atoms with Gasteiger partial charge < -0.3 is 10.3 Å². The second-order valence-corrected chi connectivity index (χ2v) is 5.88. The number of amides is 1. The summed E-state index contributed by atoms with van der Waals surface area (Å²) >= 11 is 0. The topological polar surface area (TPSA) is 108 Å². The van der Waals surface area contributed by atoms with Crippen molar-refractivity contribution in [2.45, 2.75) is 36.6 Å². The summed E-state index contributed by atoms with van der Waals surface area (Å²) in [6, 6.07) is 1.39. The van der Waals surface area contributed by atoms with Gasteiger partial charge >= 0.3 is 0 Å². The van der Waals surface area contributed by atoms with E-state index in [2.05, 4.69) is 0 Å². The van der Waals surface area contributed by atoms with Crippen LogP contribution in [0.15, 0.2) is 17.2 Å². The number of primary amides is 1. The van der Waals surface area contributed by atoms with Gasteiger partial charge in [-0.2, -0.15) is 0 Å². The van der Waals surface area contributed by atoms with E-state index in [0.717, 1.165) is 25.7 Å². The predicted octanol–water partition coefficient (Wildman–Crippen LogP) is 0.349. The van der Waals surface area contributed by atoms with E-state index in [-0.39, 0.29) is 16.6 Å². The molecule has 0 aromatic carbocycles. The average molecular weight is 257 g/mol. The van der Waals surface area contributed by atoms with Crippen molar-refractivity contribution in [2.75, 3.05) is 0 Å². The molecule has 1 amide bonds. The van der Waals surface area contributed by atoms with Crippen molar-refractivity contribution in [1.29, 1.82) is 0 Å². The van der Waals surface area contributed by atoms with E-state index in [4.69, 9.17) is 10.9 Å². The Morgan fingerprint density at radius 2 is 1.94 bits per heavy atom. The number of hydrogen-bond donors (Lipinski definition) is 2. The maximum atomic E-state index is 11.3. The Labute approximate surface area is 99.6 Å². The van der Waals surface area contributed by atoms with Gasteiger partial charge in [-0.15, -0.1) is 0 Å². The van der Waals surface area contributed by atoms with Gasteiger partial charge in [-0.3, -0.25) is 4.79 Å². The zero-order valence-electron chi connectivity index (χ0n) is 9.30. The lowest BCUT2D eigenvalue weighted by Gasteiger charge is -2.13. The molecule has 0 spiro atoms. The van der Waals surface area contributed by atoms with Crippen molar-refractivity contribution >= 4 is 15.9 Å². The molecule has 1 aliphatic carbocycles. The molecule has 0 bridgehead atoms. The number of hydrogen-bond acceptors (Lipinski definition) is 3. The van der Waals surface area contributed by atoms with Crippen LogP contribution in [0.5, 0.6) is 0 Å². The molecule has 1 aromatic rings. The zero-order valence-corrected chi connectivity index (χ0v) is 10.1. The smallest absolute Gasteiger partial charge is 0.265 e. The second kappa shape index (κ2) is 4.15. The minimum Gasteiger partial charge on any atom is -0.364 e. The summed E-state index contributed by atoms with van der Waals surface area (Å²) in [6.45, 7) is 0. The van der Waals surface area contributed by atoms with E-state index in [1.165, 1.54) is 12.3 Å². The molecule has 0 atom stereocenters. The molecule has 1 aliphatic rings. The molecule has 0 radical (unpaired) electrons. The summed E-state index contributed by atoms with van der Waals surface area (Å²) in [6.07, 6.45) is 5.42. The van der Waals surface area contributed by atoms with Crippen LogP contribution in [0.25, 0.3) is 0 Å². The van der Waals surface area contributed by atoms with Crippen LogP contribution in [-0.4, -0.2) is 18.9 Å². The molecule has 0 saturated heterocycles. The predicted molar refractivity (Wildman–Crippen MR) is 61.8 cm³/mol. The van der Waals surface area contributed by atoms with Gasteiger partial charge in [0.05, 0.1) is 0 Å². The maximum Gasteiger partial charge on any atom is 0.265 e. The van der Waals surface area contributed by atoms with Crippen LogP contribution in [0.4, 0.5) is 0 Å². The Morgan fingerprint density at radius 1 is 1.35 bits per heavy atom. The highest BCUT2D eigenvalue weighted by Gasteiger charge is 2.24. The monoisotopic (exact) mass is 257 g/mol. The number of sulfonamides is 1. The first kappa shape index (κ1) is 12.1. The zero-order chi connectivity index (χ0) is 12.6. The van der Waals surface area contributed by atoms with Crippen molar-refractivity contribution < 1.29 is 13.2 Å². The van der Waals surface area contributed by atoms with Crippen LogP contribution >= 0.6 is 0 Å². The van der Waals surface area contributed by atoms with Gasteiger partial charge in [0.2, 0.25) is 10.0 Å². The van der Waals surface area contributed by atoms with E-state index in [1.807, 2.05) is 0 Å². The van der Waals surface area contributed by atoms with E-state index in [1.54, 1.807) is 4.57 Å². The maximum absolute atomic E-state index is 11.3. The van der Waals surface area contributed by atoms with Crippen LogP contribution in [0, 0.1) is 0 Å². The molecule has 1 aromatic heterocycles. The van der Waals surface area contributed by atoms with Gasteiger partial charge in [-0.05, 0) is 18.9 Å². The van der Waals surface area contributed by atoms with Crippen molar-refractivity contribution in [2.24, 2.45) is 10.9 Å². The van der Waals surface area contributed by atoms with E-state index < -0.39 is 15.9 Å². The van der Waals surface area contributed by atoms with Crippen LogP contribution < -0.4 is 10.9 Å². The Morgan fingerprint density at radius 3 is 2.41 bits per heavy atom. The number of rotatable bonds is 3. The van der Waals surface area contributed by atoms with E-state index in [0.29, 0.717) is 0 Å². The lowest BCUT2D eigenvalue weighted by atomic mass is 10.2. The Bertz CT molecular complexity index is 541. The third-order valence-electron chi connectivity index (χ3n) is 3.12. The van der Waals surface area contributed by atoms with Gasteiger partial charge in [-0.1, -0.05) is 12.8 Å². The molecule has 0 aliphatic heterocycles. The fourth-order valence-electron chi connectivity index (χ4n) is 2.29. The molecule has 6 nitrogen and oxygen atoms in total. The first-order chi connectivity index (χ1) is 7.89. The Hall–Kier alpha value is -1.34. The quantitative estimate of drug-likeness (QED) is 0.815. The molecule has 7 heteroatoms. The first-order valence-electron chi connectivity index (χ1n) is 5.44. The Kier molecular flexibility index (Phi) is 2.96.